The Labute approximate surface area is 345 Å². The Morgan fingerprint density at radius 3 is 2.24 bits per heavy atom. The van der Waals surface area contributed by atoms with Crippen LogP contribution in [0.2, 0.25) is 0 Å². The number of ether oxygens (including phenoxy) is 3. The van der Waals surface area contributed by atoms with Gasteiger partial charge in [-0.3, -0.25) is 28.9 Å². The normalized spacial score (nSPS) is 22.7. The summed E-state index contributed by atoms with van der Waals surface area (Å²) in [5.74, 6) is -1.81. The van der Waals surface area contributed by atoms with E-state index in [9.17, 15) is 28.8 Å². The van der Waals surface area contributed by atoms with Gasteiger partial charge in [0.2, 0.25) is 17.7 Å². The Bertz CT molecular complexity index is 1570. The number of esters is 1. The molecule has 3 aliphatic heterocycles. The molecule has 0 aromatic heterocycles. The zero-order valence-corrected chi connectivity index (χ0v) is 35.9. The van der Waals surface area contributed by atoms with E-state index in [1.54, 1.807) is 21.1 Å². The summed E-state index contributed by atoms with van der Waals surface area (Å²) in [6.07, 6.45) is 10.4. The first-order chi connectivity index (χ1) is 27.8. The van der Waals surface area contributed by atoms with Gasteiger partial charge in [0.05, 0.1) is 37.7 Å². The Morgan fingerprint density at radius 2 is 1.60 bits per heavy atom. The third-order valence-corrected chi connectivity index (χ3v) is 12.9. The number of nitrogens with zero attached hydrogens (tertiary/aromatic N) is 3. The molecule has 3 heterocycles. The number of rotatable bonds is 22. The lowest BCUT2D eigenvalue weighted by atomic mass is 9.73. The molecule has 13 nitrogen and oxygen atoms in total. The van der Waals surface area contributed by atoms with Crippen LogP contribution in [0.25, 0.3) is 0 Å². The second-order valence-corrected chi connectivity index (χ2v) is 16.8. The minimum atomic E-state index is -0.873. The van der Waals surface area contributed by atoms with E-state index in [-0.39, 0.29) is 66.4 Å². The van der Waals surface area contributed by atoms with E-state index in [0.717, 1.165) is 44.1 Å². The molecule has 4 rings (SSSR count). The predicted octanol–water partition coefficient (Wildman–Crippen LogP) is 5.24. The molecule has 3 aliphatic rings. The Morgan fingerprint density at radius 1 is 0.897 bits per heavy atom. The van der Waals surface area contributed by atoms with Crippen molar-refractivity contribution in [3.05, 3.63) is 48.0 Å². The van der Waals surface area contributed by atoms with Gasteiger partial charge < -0.3 is 29.3 Å². The number of hydrogen-bond acceptors (Lipinski definition) is 9. The molecule has 322 valence electrons. The molecule has 0 aliphatic carbocycles. The van der Waals surface area contributed by atoms with Gasteiger partial charge in [0.1, 0.15) is 6.04 Å². The van der Waals surface area contributed by atoms with Gasteiger partial charge in [-0.25, -0.2) is 4.79 Å². The molecule has 0 bridgehead atoms. The van der Waals surface area contributed by atoms with Crippen LogP contribution < -0.4 is 5.32 Å². The van der Waals surface area contributed by atoms with Crippen LogP contribution >= 0.6 is 0 Å². The van der Waals surface area contributed by atoms with Crippen LogP contribution in [0, 0.1) is 17.8 Å². The number of nitrogens with one attached hydrogen (secondary N) is 1. The molecule has 0 saturated carbocycles. The molecule has 1 N–H and O–H groups in total. The Hall–Kier alpha value is -4.10. The number of piperidine rings is 1. The fourth-order valence-electron chi connectivity index (χ4n) is 9.31. The van der Waals surface area contributed by atoms with Crippen molar-refractivity contribution in [3.8, 4) is 0 Å². The number of imide groups is 1. The SMILES string of the molecule is CC[C@H](C)C(C[C@]1(C)CCCCN1C(=O)CCCCCN1C(=O)C=CC1=O)[C@@H](CC(=O)N1CCC[C@H]1[C@H](OC)[C@@H](C)C(=O)N[C@@H](Cc1ccccc1)C(=O)OC)OC. The van der Waals surface area contributed by atoms with Crippen molar-refractivity contribution in [2.45, 2.75) is 141 Å². The smallest absolute Gasteiger partial charge is 0.328 e. The summed E-state index contributed by atoms with van der Waals surface area (Å²) in [5.41, 5.74) is 0.492. The molecule has 5 amide bonds. The van der Waals surface area contributed by atoms with Crippen molar-refractivity contribution in [2.24, 2.45) is 17.8 Å². The molecule has 1 aromatic carbocycles. The molecule has 1 unspecified atom stereocenters. The first-order valence-electron chi connectivity index (χ1n) is 21.4. The first kappa shape index (κ1) is 46.6. The highest BCUT2D eigenvalue weighted by molar-refractivity contribution is 6.12. The summed E-state index contributed by atoms with van der Waals surface area (Å²) in [6, 6.07) is 8.23. The highest BCUT2D eigenvalue weighted by atomic mass is 16.5. The summed E-state index contributed by atoms with van der Waals surface area (Å²) >= 11 is 0. The molecular weight excluding hydrogens is 741 g/mol. The number of carbonyl (C=O) groups is 6. The third-order valence-electron chi connectivity index (χ3n) is 12.9. The highest BCUT2D eigenvalue weighted by Gasteiger charge is 2.45. The van der Waals surface area contributed by atoms with Crippen LogP contribution in [0.3, 0.4) is 0 Å². The molecule has 0 radical (unpaired) electrons. The van der Waals surface area contributed by atoms with E-state index in [4.69, 9.17) is 14.2 Å². The van der Waals surface area contributed by atoms with Crippen LogP contribution in [0.15, 0.2) is 42.5 Å². The van der Waals surface area contributed by atoms with E-state index in [2.05, 4.69) is 31.0 Å². The van der Waals surface area contributed by atoms with Crippen molar-refractivity contribution in [3.63, 3.8) is 0 Å². The molecule has 2 saturated heterocycles. The lowest BCUT2D eigenvalue weighted by molar-refractivity contribution is -0.148. The molecule has 0 spiro atoms. The maximum absolute atomic E-state index is 14.3. The summed E-state index contributed by atoms with van der Waals surface area (Å²) < 4.78 is 17.2. The van der Waals surface area contributed by atoms with E-state index in [1.165, 1.54) is 24.2 Å². The van der Waals surface area contributed by atoms with Crippen LogP contribution in [-0.4, -0.2) is 121 Å². The number of amides is 5. The fraction of sp³-hybridized carbons (Fsp3) is 0.689. The molecule has 2 fully saturated rings. The first-order valence-corrected chi connectivity index (χ1v) is 21.4. The fourth-order valence-corrected chi connectivity index (χ4v) is 9.31. The second kappa shape index (κ2) is 22.3. The lowest BCUT2D eigenvalue weighted by Crippen LogP contribution is -2.55. The molecule has 1 aromatic rings. The number of hydrogen-bond donors (Lipinski definition) is 1. The predicted molar refractivity (Wildman–Crippen MR) is 220 cm³/mol. The lowest BCUT2D eigenvalue weighted by Gasteiger charge is -2.48. The second-order valence-electron chi connectivity index (χ2n) is 16.8. The monoisotopic (exact) mass is 808 g/mol. The van der Waals surface area contributed by atoms with Gasteiger partial charge in [-0.05, 0) is 75.7 Å². The number of methoxy groups -OCH3 is 3. The average Bonchev–Trinajstić information content (AvgIpc) is 3.84. The van der Waals surface area contributed by atoms with Crippen LogP contribution in [0.1, 0.15) is 110 Å². The van der Waals surface area contributed by atoms with Crippen LogP contribution in [0.5, 0.6) is 0 Å². The Balaban J connectivity index is 1.40. The third kappa shape index (κ3) is 12.0. The summed E-state index contributed by atoms with van der Waals surface area (Å²) in [4.78, 5) is 83.5. The topological polar surface area (TPSA) is 152 Å². The van der Waals surface area contributed by atoms with Crippen molar-refractivity contribution in [1.82, 2.24) is 20.0 Å². The van der Waals surface area contributed by atoms with E-state index in [0.29, 0.717) is 51.7 Å². The number of benzene rings is 1. The molecular formula is C45H68N4O9. The van der Waals surface area contributed by atoms with E-state index >= 15 is 0 Å². The minimum absolute atomic E-state index is 0.00495. The molecule has 58 heavy (non-hydrogen) atoms. The number of likely N-dealkylation sites (tertiary alicyclic amines) is 2. The number of unbranched alkanes of at least 4 members (excludes halogenated alkanes) is 2. The zero-order chi connectivity index (χ0) is 42.4. The van der Waals surface area contributed by atoms with E-state index < -0.39 is 29.6 Å². The quantitative estimate of drug-likeness (QED) is 0.0942. The summed E-state index contributed by atoms with van der Waals surface area (Å²) in [7, 11) is 4.52. The maximum Gasteiger partial charge on any atom is 0.328 e. The van der Waals surface area contributed by atoms with Crippen molar-refractivity contribution < 1.29 is 43.0 Å². The highest BCUT2D eigenvalue weighted by Crippen LogP contribution is 2.40. The maximum atomic E-state index is 14.3. The van der Waals surface area contributed by atoms with Crippen LogP contribution in [-0.2, 0) is 49.4 Å². The number of carbonyl (C=O) groups excluding carboxylic acids is 6. The van der Waals surface area contributed by atoms with Crippen molar-refractivity contribution >= 4 is 35.5 Å². The molecule has 8 atom stereocenters. The van der Waals surface area contributed by atoms with Gasteiger partial charge in [-0.1, -0.05) is 63.9 Å². The van der Waals surface area contributed by atoms with Gasteiger partial charge in [0.15, 0.2) is 0 Å². The van der Waals surface area contributed by atoms with Crippen LogP contribution in [0.4, 0.5) is 0 Å². The minimum Gasteiger partial charge on any atom is -0.467 e. The van der Waals surface area contributed by atoms with Crippen molar-refractivity contribution in [1.29, 1.82) is 0 Å². The average molecular weight is 809 g/mol. The summed E-state index contributed by atoms with van der Waals surface area (Å²) in [6.45, 7) is 9.89. The Kier molecular flexibility index (Phi) is 17.9. The zero-order valence-electron chi connectivity index (χ0n) is 35.9. The molecule has 13 heteroatoms. The van der Waals surface area contributed by atoms with E-state index in [1.807, 2.05) is 35.2 Å². The van der Waals surface area contributed by atoms with Gasteiger partial charge in [0.25, 0.3) is 11.8 Å². The van der Waals surface area contributed by atoms with Gasteiger partial charge in [-0.15, -0.1) is 0 Å². The van der Waals surface area contributed by atoms with Gasteiger partial charge in [0, 0.05) is 64.4 Å². The van der Waals surface area contributed by atoms with Gasteiger partial charge in [-0.2, -0.15) is 0 Å². The summed E-state index contributed by atoms with van der Waals surface area (Å²) in [5, 5.41) is 2.89. The largest absolute Gasteiger partial charge is 0.467 e. The van der Waals surface area contributed by atoms with Crippen molar-refractivity contribution in [2.75, 3.05) is 41.0 Å². The standard InChI is InChI=1S/C45H68N4O9/c1-8-31(2)34(30-45(4)24-14-16-27-49(45)40(52)21-13-10-15-25-48-38(50)22-23-39(48)51)37(56-5)29-41(53)47-26-17-20-36(47)42(57-6)32(3)43(54)46-35(44(55)58-7)28-33-18-11-9-12-19-33/h9,11-12,18-19,22-23,31-32,34-37,42H,8,10,13-17,20-21,24-30H2,1-7H3,(H,46,54)/t31-,32+,34?,35-,36-,37+,42+,45-/m0/s1. The van der Waals surface area contributed by atoms with Gasteiger partial charge >= 0.3 is 5.97 Å².